The minimum absolute atomic E-state index is 0.0172. The fourth-order valence-electron chi connectivity index (χ4n) is 2.99. The average molecular weight is 383 g/mol. The zero-order valence-electron chi connectivity index (χ0n) is 15.7. The first kappa shape index (κ1) is 19.4. The molecule has 0 radical (unpaired) electrons. The molecule has 0 bridgehead atoms. The summed E-state index contributed by atoms with van der Waals surface area (Å²) in [5.41, 5.74) is 2.71. The summed E-state index contributed by atoms with van der Waals surface area (Å²) in [5.74, 6) is 0.276. The molecule has 7 heteroatoms. The van der Waals surface area contributed by atoms with Gasteiger partial charge in [0.25, 0.3) is 0 Å². The maximum Gasteiger partial charge on any atom is 0.310 e. The summed E-state index contributed by atoms with van der Waals surface area (Å²) in [6, 6.07) is 10.2. The van der Waals surface area contributed by atoms with Gasteiger partial charge in [0.15, 0.2) is 12.4 Å². The van der Waals surface area contributed by atoms with E-state index < -0.39 is 5.97 Å². The number of amides is 1. The molecule has 0 atom stereocenters. The van der Waals surface area contributed by atoms with Gasteiger partial charge in [-0.15, -0.1) is 0 Å². The number of hydrogen-bond donors (Lipinski definition) is 1. The third-order valence-corrected chi connectivity index (χ3v) is 4.52. The van der Waals surface area contributed by atoms with Crippen molar-refractivity contribution in [1.82, 2.24) is 0 Å². The van der Waals surface area contributed by atoms with Gasteiger partial charge in [-0.1, -0.05) is 6.07 Å². The van der Waals surface area contributed by atoms with E-state index in [2.05, 4.69) is 5.32 Å². The molecule has 146 valence electrons. The molecule has 7 nitrogen and oxygen atoms in total. The van der Waals surface area contributed by atoms with Crippen LogP contribution in [0.4, 0.5) is 5.69 Å². The van der Waals surface area contributed by atoms with Crippen LogP contribution in [0.2, 0.25) is 0 Å². The number of Topliss-reactive ketones (excluding diaryl/α,β-unsaturated/α-hetero) is 1. The lowest BCUT2D eigenvalue weighted by atomic mass is 9.99. The van der Waals surface area contributed by atoms with Gasteiger partial charge in [0.05, 0.1) is 20.6 Å². The maximum atomic E-state index is 12.4. The van der Waals surface area contributed by atoms with Crippen LogP contribution in [-0.2, 0) is 27.2 Å². The second-order valence-electron chi connectivity index (χ2n) is 6.36. The van der Waals surface area contributed by atoms with E-state index in [1.165, 1.54) is 7.11 Å². The summed E-state index contributed by atoms with van der Waals surface area (Å²) in [4.78, 5) is 35.9. The second-order valence-corrected chi connectivity index (χ2v) is 6.36. The van der Waals surface area contributed by atoms with E-state index in [4.69, 9.17) is 14.2 Å². The number of carbonyl (C=O) groups excluding carboxylic acids is 3. The van der Waals surface area contributed by atoms with Gasteiger partial charge in [-0.25, -0.2) is 0 Å². The lowest BCUT2D eigenvalue weighted by Gasteiger charge is -2.17. The van der Waals surface area contributed by atoms with Crippen molar-refractivity contribution in [2.75, 3.05) is 26.1 Å². The Hall–Kier alpha value is -3.35. The molecular formula is C21H21NO6. The summed E-state index contributed by atoms with van der Waals surface area (Å²) in [6.45, 7) is -0.345. The van der Waals surface area contributed by atoms with Crippen LogP contribution in [0.5, 0.6) is 11.5 Å². The topological polar surface area (TPSA) is 90.9 Å². The Morgan fingerprint density at radius 2 is 1.86 bits per heavy atom. The summed E-state index contributed by atoms with van der Waals surface area (Å²) in [5, 5.41) is 2.77. The summed E-state index contributed by atoms with van der Waals surface area (Å²) in [7, 11) is 3.05. The first-order valence-corrected chi connectivity index (χ1v) is 8.82. The first-order valence-electron chi connectivity index (χ1n) is 8.82. The number of fused-ring (bicyclic) bond motifs is 1. The van der Waals surface area contributed by atoms with E-state index in [1.54, 1.807) is 43.5 Å². The standard InChI is InChI=1S/C21H21NO6/c1-26-16-6-3-15(19(11-16)27-2)10-21(25)28-12-18(23)14-4-7-17-13(9-14)5-8-20(24)22-17/h3-4,6-7,9,11H,5,8,10,12H2,1-2H3,(H,22,24). The monoisotopic (exact) mass is 383 g/mol. The van der Waals surface area contributed by atoms with Crippen LogP contribution in [0.15, 0.2) is 36.4 Å². The Balaban J connectivity index is 1.59. The predicted octanol–water partition coefficient (Wildman–Crippen LogP) is 2.56. The van der Waals surface area contributed by atoms with E-state index in [-0.39, 0.29) is 24.7 Å². The zero-order valence-corrected chi connectivity index (χ0v) is 15.7. The Bertz CT molecular complexity index is 921. The summed E-state index contributed by atoms with van der Waals surface area (Å²) >= 11 is 0. The Morgan fingerprint density at radius 3 is 2.61 bits per heavy atom. The van der Waals surface area contributed by atoms with Crippen molar-refractivity contribution in [3.05, 3.63) is 53.1 Å². The first-order chi connectivity index (χ1) is 13.5. The molecule has 0 saturated heterocycles. The van der Waals surface area contributed by atoms with Crippen LogP contribution >= 0.6 is 0 Å². The van der Waals surface area contributed by atoms with Crippen molar-refractivity contribution in [1.29, 1.82) is 0 Å². The number of ether oxygens (including phenoxy) is 3. The molecule has 28 heavy (non-hydrogen) atoms. The van der Waals surface area contributed by atoms with Crippen LogP contribution in [-0.4, -0.2) is 38.5 Å². The number of ketones is 1. The van der Waals surface area contributed by atoms with E-state index in [1.807, 2.05) is 0 Å². The maximum absolute atomic E-state index is 12.4. The SMILES string of the molecule is COc1ccc(CC(=O)OCC(=O)c2ccc3c(c2)CCC(=O)N3)c(OC)c1. The number of hydrogen-bond acceptors (Lipinski definition) is 6. The largest absolute Gasteiger partial charge is 0.497 e. The lowest BCUT2D eigenvalue weighted by Crippen LogP contribution is -2.20. The van der Waals surface area contributed by atoms with Gasteiger partial charge in [0.2, 0.25) is 5.91 Å². The zero-order chi connectivity index (χ0) is 20.1. The molecule has 0 aliphatic carbocycles. The fraction of sp³-hybridized carbons (Fsp3) is 0.286. The predicted molar refractivity (Wildman–Crippen MR) is 102 cm³/mol. The van der Waals surface area contributed by atoms with Crippen molar-refractivity contribution in [2.24, 2.45) is 0 Å². The molecule has 2 aromatic carbocycles. The average Bonchev–Trinajstić information content (AvgIpc) is 2.71. The quantitative estimate of drug-likeness (QED) is 0.584. The highest BCUT2D eigenvalue weighted by atomic mass is 16.5. The molecule has 0 fully saturated rings. The van der Waals surface area contributed by atoms with E-state index in [9.17, 15) is 14.4 Å². The highest BCUT2D eigenvalue weighted by Gasteiger charge is 2.18. The molecular weight excluding hydrogens is 362 g/mol. The number of methoxy groups -OCH3 is 2. The number of carbonyl (C=O) groups is 3. The number of anilines is 1. The Morgan fingerprint density at radius 1 is 1.04 bits per heavy atom. The highest BCUT2D eigenvalue weighted by molar-refractivity contribution is 6.00. The molecule has 1 aliphatic rings. The highest BCUT2D eigenvalue weighted by Crippen LogP contribution is 2.26. The molecule has 0 aromatic heterocycles. The van der Waals surface area contributed by atoms with Crippen LogP contribution in [0.3, 0.4) is 0 Å². The Labute approximate surface area is 162 Å². The molecule has 1 heterocycles. The van der Waals surface area contributed by atoms with E-state index in [0.717, 1.165) is 11.3 Å². The third kappa shape index (κ3) is 4.49. The number of aryl methyl sites for hydroxylation is 1. The van der Waals surface area contributed by atoms with Crippen molar-refractivity contribution < 1.29 is 28.6 Å². The fourth-order valence-corrected chi connectivity index (χ4v) is 2.99. The van der Waals surface area contributed by atoms with Crippen LogP contribution in [0.1, 0.15) is 27.9 Å². The number of esters is 1. The van der Waals surface area contributed by atoms with Gasteiger partial charge in [-0.3, -0.25) is 14.4 Å². The number of rotatable bonds is 7. The molecule has 1 aliphatic heterocycles. The minimum atomic E-state index is -0.526. The van der Waals surface area contributed by atoms with Gasteiger partial charge in [-0.05, 0) is 36.2 Å². The van der Waals surface area contributed by atoms with Crippen molar-refractivity contribution in [3.63, 3.8) is 0 Å². The molecule has 1 N–H and O–H groups in total. The van der Waals surface area contributed by atoms with Gasteiger partial charge in [0, 0.05) is 29.3 Å². The van der Waals surface area contributed by atoms with Gasteiger partial charge >= 0.3 is 5.97 Å². The lowest BCUT2D eigenvalue weighted by molar-refractivity contribution is -0.141. The van der Waals surface area contributed by atoms with Crippen LogP contribution in [0.25, 0.3) is 0 Å². The molecule has 0 saturated carbocycles. The third-order valence-electron chi connectivity index (χ3n) is 4.52. The number of benzene rings is 2. The second kappa shape index (κ2) is 8.56. The smallest absolute Gasteiger partial charge is 0.310 e. The van der Waals surface area contributed by atoms with Crippen molar-refractivity contribution in [2.45, 2.75) is 19.3 Å². The van der Waals surface area contributed by atoms with Gasteiger partial charge in [0.1, 0.15) is 11.5 Å². The van der Waals surface area contributed by atoms with Crippen LogP contribution in [0, 0.1) is 0 Å². The normalized spacial score (nSPS) is 12.6. The van der Waals surface area contributed by atoms with Gasteiger partial charge < -0.3 is 19.5 Å². The molecule has 1 amide bonds. The molecule has 0 unspecified atom stereocenters. The minimum Gasteiger partial charge on any atom is -0.497 e. The number of nitrogens with one attached hydrogen (secondary N) is 1. The van der Waals surface area contributed by atoms with E-state index in [0.29, 0.717) is 35.5 Å². The van der Waals surface area contributed by atoms with E-state index >= 15 is 0 Å². The summed E-state index contributed by atoms with van der Waals surface area (Å²) in [6.07, 6.45) is 0.958. The summed E-state index contributed by atoms with van der Waals surface area (Å²) < 4.78 is 15.5. The van der Waals surface area contributed by atoms with Crippen LogP contribution < -0.4 is 14.8 Å². The van der Waals surface area contributed by atoms with Gasteiger partial charge in [-0.2, -0.15) is 0 Å². The van der Waals surface area contributed by atoms with Crippen molar-refractivity contribution >= 4 is 23.3 Å². The Kier molecular flexibility index (Phi) is 5.93. The molecule has 3 rings (SSSR count). The molecule has 2 aromatic rings. The van der Waals surface area contributed by atoms with Crippen molar-refractivity contribution in [3.8, 4) is 11.5 Å². The molecule has 0 spiro atoms.